The molecule has 0 saturated carbocycles. The minimum atomic E-state index is -0.775. The summed E-state index contributed by atoms with van der Waals surface area (Å²) in [6.45, 7) is 1.51. The smallest absolute Gasteiger partial charge is 0.441 e. The lowest BCUT2D eigenvalue weighted by Crippen LogP contribution is -2.31. The minimum Gasteiger partial charge on any atom is -0.443 e. The summed E-state index contributed by atoms with van der Waals surface area (Å²) in [5, 5.41) is 3.04. The van der Waals surface area contributed by atoms with Gasteiger partial charge in [-0.25, -0.2) is 9.59 Å². The van der Waals surface area contributed by atoms with Crippen molar-refractivity contribution in [2.45, 2.75) is 13.0 Å². The van der Waals surface area contributed by atoms with Crippen molar-refractivity contribution in [3.05, 3.63) is 35.9 Å². The Kier molecular flexibility index (Phi) is 4.74. The van der Waals surface area contributed by atoms with Gasteiger partial charge in [-0.2, -0.15) is 0 Å². The van der Waals surface area contributed by atoms with Crippen LogP contribution in [0.4, 0.5) is 4.79 Å². The van der Waals surface area contributed by atoms with Gasteiger partial charge >= 0.3 is 12.1 Å². The first kappa shape index (κ1) is 13.4. The van der Waals surface area contributed by atoms with Crippen molar-refractivity contribution < 1.29 is 19.2 Å². The van der Waals surface area contributed by atoms with E-state index in [2.05, 4.69) is 10.2 Å². The number of benzene rings is 1. The molecule has 1 aliphatic heterocycles. The number of hydrogen-bond acceptors (Lipinski definition) is 5. The summed E-state index contributed by atoms with van der Waals surface area (Å²) in [4.78, 5) is 27.5. The van der Waals surface area contributed by atoms with E-state index in [-0.39, 0.29) is 12.5 Å². The maximum Gasteiger partial charge on any atom is 0.441 e. The average molecular weight is 264 g/mol. The van der Waals surface area contributed by atoms with E-state index in [0.717, 1.165) is 18.5 Å². The molecule has 102 valence electrons. The van der Waals surface area contributed by atoms with Crippen LogP contribution >= 0.6 is 0 Å². The van der Waals surface area contributed by atoms with Gasteiger partial charge in [-0.3, -0.25) is 0 Å². The largest absolute Gasteiger partial charge is 0.443 e. The zero-order valence-electron chi connectivity index (χ0n) is 10.4. The lowest BCUT2D eigenvalue weighted by atomic mass is 10.1. The maximum absolute atomic E-state index is 11.5. The molecule has 0 aliphatic carbocycles. The van der Waals surface area contributed by atoms with Crippen molar-refractivity contribution in [3.63, 3.8) is 0 Å². The zero-order chi connectivity index (χ0) is 13.5. The SMILES string of the molecule is O=C(NOC(=O)C1CCNC1)OCc1ccccc1. The van der Waals surface area contributed by atoms with E-state index in [1.165, 1.54) is 0 Å². The minimum absolute atomic E-state index is 0.134. The van der Waals surface area contributed by atoms with E-state index in [1.807, 2.05) is 35.8 Å². The number of rotatable bonds is 3. The summed E-state index contributed by atoms with van der Waals surface area (Å²) < 4.78 is 4.90. The Morgan fingerprint density at radius 3 is 2.79 bits per heavy atom. The molecule has 6 nitrogen and oxygen atoms in total. The first-order chi connectivity index (χ1) is 9.25. The molecular formula is C13H16N2O4. The van der Waals surface area contributed by atoms with Crippen molar-refractivity contribution in [2.75, 3.05) is 13.1 Å². The molecule has 2 rings (SSSR count). The average Bonchev–Trinajstić information content (AvgIpc) is 2.98. The molecular weight excluding hydrogens is 248 g/mol. The second kappa shape index (κ2) is 6.75. The summed E-state index contributed by atoms with van der Waals surface area (Å²) in [6, 6.07) is 9.25. The van der Waals surface area contributed by atoms with E-state index in [4.69, 9.17) is 4.74 Å². The highest BCUT2D eigenvalue weighted by atomic mass is 16.7. The lowest BCUT2D eigenvalue weighted by molar-refractivity contribution is -0.154. The maximum atomic E-state index is 11.5. The second-order valence-corrected chi connectivity index (χ2v) is 4.27. The first-order valence-corrected chi connectivity index (χ1v) is 6.14. The Morgan fingerprint density at radius 2 is 2.11 bits per heavy atom. The molecule has 19 heavy (non-hydrogen) atoms. The number of ether oxygens (including phenoxy) is 1. The van der Waals surface area contributed by atoms with Crippen molar-refractivity contribution in [2.24, 2.45) is 5.92 Å². The van der Waals surface area contributed by atoms with Gasteiger partial charge in [-0.05, 0) is 18.5 Å². The van der Waals surface area contributed by atoms with Gasteiger partial charge in [0.2, 0.25) is 0 Å². The number of hydroxylamine groups is 1. The number of carbonyl (C=O) groups is 2. The van der Waals surface area contributed by atoms with Crippen LogP contribution in [-0.4, -0.2) is 25.2 Å². The monoisotopic (exact) mass is 264 g/mol. The molecule has 1 unspecified atom stereocenters. The molecule has 2 N–H and O–H groups in total. The van der Waals surface area contributed by atoms with Crippen molar-refractivity contribution in [1.82, 2.24) is 10.8 Å². The van der Waals surface area contributed by atoms with E-state index in [0.29, 0.717) is 6.54 Å². The van der Waals surface area contributed by atoms with Gasteiger partial charge in [0.05, 0.1) is 5.92 Å². The molecule has 1 saturated heterocycles. The first-order valence-electron chi connectivity index (χ1n) is 6.14. The molecule has 1 aromatic carbocycles. The van der Waals surface area contributed by atoms with Crippen LogP contribution in [0, 0.1) is 5.92 Å². The third-order valence-electron chi connectivity index (χ3n) is 2.84. The van der Waals surface area contributed by atoms with Crippen molar-refractivity contribution in [3.8, 4) is 0 Å². The molecule has 1 aliphatic rings. The van der Waals surface area contributed by atoms with Crippen LogP contribution in [0.1, 0.15) is 12.0 Å². The Bertz CT molecular complexity index is 430. The van der Waals surface area contributed by atoms with Gasteiger partial charge in [0.15, 0.2) is 0 Å². The third-order valence-corrected chi connectivity index (χ3v) is 2.84. The summed E-state index contributed by atoms with van der Waals surface area (Å²) in [6.07, 6.45) is -0.0531. The number of carbonyl (C=O) groups excluding carboxylic acids is 2. The Morgan fingerprint density at radius 1 is 1.32 bits per heavy atom. The molecule has 1 aromatic rings. The summed E-state index contributed by atoms with van der Waals surface area (Å²) in [7, 11) is 0. The Balaban J connectivity index is 1.65. The van der Waals surface area contributed by atoms with Gasteiger partial charge in [0.1, 0.15) is 6.61 Å². The summed E-state index contributed by atoms with van der Waals surface area (Å²) >= 11 is 0. The standard InChI is InChI=1S/C13H16N2O4/c16-12(11-6-7-14-8-11)19-15-13(17)18-9-10-4-2-1-3-5-10/h1-5,11,14H,6-9H2,(H,15,17). The van der Waals surface area contributed by atoms with Crippen molar-refractivity contribution >= 4 is 12.1 Å². The fraction of sp³-hybridized carbons (Fsp3) is 0.385. The Hall–Kier alpha value is -2.08. The van der Waals surface area contributed by atoms with Crippen molar-refractivity contribution in [1.29, 1.82) is 0 Å². The molecule has 6 heteroatoms. The van der Waals surface area contributed by atoms with E-state index in [1.54, 1.807) is 0 Å². The van der Waals surface area contributed by atoms with Crippen LogP contribution in [0.15, 0.2) is 30.3 Å². The molecule has 1 amide bonds. The summed E-state index contributed by atoms with van der Waals surface area (Å²) in [5.41, 5.74) is 2.86. The Labute approximate surface area is 111 Å². The van der Waals surface area contributed by atoms with Gasteiger partial charge in [0, 0.05) is 6.54 Å². The molecule has 0 bridgehead atoms. The molecule has 1 atom stereocenters. The van der Waals surface area contributed by atoms with Gasteiger partial charge < -0.3 is 14.9 Å². The van der Waals surface area contributed by atoms with Crippen LogP contribution in [0.3, 0.4) is 0 Å². The zero-order valence-corrected chi connectivity index (χ0v) is 10.4. The molecule has 1 fully saturated rings. The summed E-state index contributed by atoms with van der Waals surface area (Å²) in [5.74, 6) is -0.643. The van der Waals surface area contributed by atoms with Gasteiger partial charge in [0.25, 0.3) is 0 Å². The highest BCUT2D eigenvalue weighted by molar-refractivity contribution is 5.75. The second-order valence-electron chi connectivity index (χ2n) is 4.27. The molecule has 0 spiro atoms. The predicted octanol–water partition coefficient (Wildman–Crippen LogP) is 0.980. The molecule has 0 radical (unpaired) electrons. The van der Waals surface area contributed by atoms with Crippen LogP contribution < -0.4 is 10.8 Å². The van der Waals surface area contributed by atoms with Gasteiger partial charge in [-0.1, -0.05) is 30.3 Å². The van der Waals surface area contributed by atoms with Crippen LogP contribution in [0.5, 0.6) is 0 Å². The van der Waals surface area contributed by atoms with Crippen LogP contribution in [0.2, 0.25) is 0 Å². The normalized spacial score (nSPS) is 17.8. The van der Waals surface area contributed by atoms with Crippen LogP contribution in [0.25, 0.3) is 0 Å². The number of amides is 1. The van der Waals surface area contributed by atoms with E-state index in [9.17, 15) is 9.59 Å². The number of nitrogens with one attached hydrogen (secondary N) is 2. The quantitative estimate of drug-likeness (QED) is 0.796. The third kappa shape index (κ3) is 4.26. The fourth-order valence-electron chi connectivity index (χ4n) is 1.78. The highest BCUT2D eigenvalue weighted by Gasteiger charge is 2.24. The molecule has 0 aromatic heterocycles. The highest BCUT2D eigenvalue weighted by Crippen LogP contribution is 2.08. The van der Waals surface area contributed by atoms with E-state index < -0.39 is 12.1 Å². The van der Waals surface area contributed by atoms with Crippen LogP contribution in [-0.2, 0) is 21.0 Å². The predicted molar refractivity (Wildman–Crippen MR) is 66.8 cm³/mol. The fourth-order valence-corrected chi connectivity index (χ4v) is 1.78. The van der Waals surface area contributed by atoms with E-state index >= 15 is 0 Å². The topological polar surface area (TPSA) is 76.7 Å². The van der Waals surface area contributed by atoms with Gasteiger partial charge in [-0.15, -0.1) is 5.48 Å². The molecule has 1 heterocycles. The number of hydrogen-bond donors (Lipinski definition) is 2. The lowest BCUT2D eigenvalue weighted by Gasteiger charge is -2.09.